The Hall–Kier alpha value is -3.32. The van der Waals surface area contributed by atoms with Gasteiger partial charge >= 0.3 is 0 Å². The second-order valence-corrected chi connectivity index (χ2v) is 7.33. The fraction of sp³-hybridized carbons (Fsp3) is 0.200. The maximum absolute atomic E-state index is 11.7. The van der Waals surface area contributed by atoms with Crippen molar-refractivity contribution in [1.29, 1.82) is 0 Å². The number of hydrogen-bond donors (Lipinski definition) is 1. The molecule has 0 aliphatic rings. The van der Waals surface area contributed by atoms with Crippen molar-refractivity contribution in [2.75, 3.05) is 0 Å². The van der Waals surface area contributed by atoms with Crippen molar-refractivity contribution in [2.45, 2.75) is 38.5 Å². The molecular weight excluding hydrogens is 376 g/mol. The van der Waals surface area contributed by atoms with Gasteiger partial charge in [-0.15, -0.1) is 0 Å². The van der Waals surface area contributed by atoms with E-state index in [4.69, 9.17) is 20.6 Å². The fourth-order valence-corrected chi connectivity index (χ4v) is 3.52. The van der Waals surface area contributed by atoms with Gasteiger partial charge in [0.2, 0.25) is 0 Å². The number of hydrogen-bond acceptors (Lipinski definition) is 1. The van der Waals surface area contributed by atoms with Crippen molar-refractivity contribution < 1.29 is 25.7 Å². The first kappa shape index (κ1) is 9.44. The summed E-state index contributed by atoms with van der Waals surface area (Å²) in [6.45, 7) is 4.61. The molecule has 3 unspecified atom stereocenters. The van der Waals surface area contributed by atoms with Gasteiger partial charge in [0.1, 0.15) is 5.75 Å². The van der Waals surface area contributed by atoms with Crippen LogP contribution in [-0.4, -0.2) is 5.11 Å². The highest BCUT2D eigenvalue weighted by Crippen LogP contribution is 2.41. The molecule has 0 fully saturated rings. The fourth-order valence-electron chi connectivity index (χ4n) is 3.52. The quantitative estimate of drug-likeness (QED) is 0.336. The van der Waals surface area contributed by atoms with Gasteiger partial charge < -0.3 is 5.11 Å². The van der Waals surface area contributed by atoms with E-state index in [2.05, 4.69) is 0 Å². The Morgan fingerprint density at radius 3 is 1.19 bits per heavy atom. The van der Waals surface area contributed by atoms with E-state index >= 15 is 0 Å². The first-order valence-electron chi connectivity index (χ1n) is 17.3. The van der Waals surface area contributed by atoms with Gasteiger partial charge in [0.25, 0.3) is 0 Å². The lowest BCUT2D eigenvalue weighted by Gasteiger charge is -2.24. The number of rotatable bonds is 6. The smallest absolute Gasteiger partial charge is 0.123 e. The Morgan fingerprint density at radius 2 is 0.839 bits per heavy atom. The predicted octanol–water partition coefficient (Wildman–Crippen LogP) is 7.85. The van der Waals surface area contributed by atoms with Crippen molar-refractivity contribution in [2.24, 2.45) is 0 Å². The Bertz CT molecular complexity index is 1740. The molecule has 0 saturated carbocycles. The largest absolute Gasteiger partial charge is 0.507 e. The lowest BCUT2D eigenvalue weighted by atomic mass is 9.82. The topological polar surface area (TPSA) is 20.2 Å². The maximum atomic E-state index is 11.7. The second-order valence-electron chi connectivity index (χ2n) is 7.33. The van der Waals surface area contributed by atoms with Crippen LogP contribution in [0.25, 0.3) is 0 Å². The average molecular weight is 422 g/mol. The summed E-state index contributed by atoms with van der Waals surface area (Å²) in [4.78, 5) is 0. The normalized spacial score (nSPS) is 20.8. The van der Waals surface area contributed by atoms with Crippen molar-refractivity contribution in [3.63, 3.8) is 0 Å². The molecule has 1 heteroatoms. The van der Waals surface area contributed by atoms with Crippen LogP contribution in [0.4, 0.5) is 0 Å². The third kappa shape index (κ3) is 4.41. The van der Waals surface area contributed by atoms with E-state index in [0.717, 1.165) is 0 Å². The average Bonchev–Trinajstić information content (AvgIpc) is 3.02. The third-order valence-electron chi connectivity index (χ3n) is 5.48. The molecule has 0 spiro atoms. The van der Waals surface area contributed by atoms with Crippen LogP contribution in [0, 0.1) is 0 Å². The van der Waals surface area contributed by atoms with Gasteiger partial charge in [-0.1, -0.05) is 124 Å². The lowest BCUT2D eigenvalue weighted by molar-refractivity contribution is 0.456. The summed E-state index contributed by atoms with van der Waals surface area (Å²) in [6.07, 6.45) is 0. The van der Waals surface area contributed by atoms with E-state index < -0.39 is 114 Å². The van der Waals surface area contributed by atoms with E-state index in [9.17, 15) is 5.11 Å². The Morgan fingerprint density at radius 1 is 0.516 bits per heavy atom. The van der Waals surface area contributed by atoms with Crippen LogP contribution in [0.5, 0.6) is 5.75 Å². The van der Waals surface area contributed by atoms with Crippen LogP contribution in [0.2, 0.25) is 0 Å². The van der Waals surface area contributed by atoms with Crippen molar-refractivity contribution in [1.82, 2.24) is 0 Å². The Kier molecular flexibility index (Phi) is 2.81. The molecule has 3 atom stereocenters. The van der Waals surface area contributed by atoms with Crippen molar-refractivity contribution >= 4 is 0 Å². The minimum atomic E-state index is -1.05. The summed E-state index contributed by atoms with van der Waals surface area (Å²) in [7, 11) is 0. The van der Waals surface area contributed by atoms with Gasteiger partial charge in [-0.05, 0) is 22.3 Å². The van der Waals surface area contributed by atoms with Gasteiger partial charge in [-0.2, -0.15) is 0 Å². The molecule has 1 nitrogen and oxygen atoms in total. The summed E-state index contributed by atoms with van der Waals surface area (Å²) in [5.74, 6) is -3.43. The molecule has 0 heterocycles. The molecule has 0 radical (unpaired) electrons. The second kappa shape index (κ2) is 9.22. The van der Waals surface area contributed by atoms with E-state index in [0.29, 0.717) is 5.56 Å². The molecule has 1 N–H and O–H groups in total. The summed E-state index contributed by atoms with van der Waals surface area (Å²) in [6, 6.07) is -5.20. The molecule has 0 aliphatic heterocycles. The standard InChI is InChI=1S/C30H30O/c1-21(24-13-7-4-8-14-24)27-19-28(22(2)25-15-9-5-10-16-25)30(31)29(20-27)23(3)26-17-11-6-12-18-26/h4-23,31H,1-3H3/i4D,5D,6D,7D,8D,9D,10D,11D,12D,13D,14D,15D,16D,17D,18D. The van der Waals surface area contributed by atoms with Crippen LogP contribution in [0.3, 0.4) is 0 Å². The lowest BCUT2D eigenvalue weighted by Crippen LogP contribution is -2.06. The van der Waals surface area contributed by atoms with Crippen molar-refractivity contribution in [3.8, 4) is 5.75 Å². The number of phenolic OH excluding ortho intramolecular Hbond substituents is 1. The minimum Gasteiger partial charge on any atom is -0.507 e. The summed E-state index contributed by atoms with van der Waals surface area (Å²) in [5, 5.41) is 11.7. The highest BCUT2D eigenvalue weighted by atomic mass is 16.3. The van der Waals surface area contributed by atoms with Crippen molar-refractivity contribution in [3.05, 3.63) is 136 Å². The van der Waals surface area contributed by atoms with Crippen LogP contribution < -0.4 is 0 Å². The Labute approximate surface area is 207 Å². The van der Waals surface area contributed by atoms with Gasteiger partial charge in [-0.25, -0.2) is 0 Å². The van der Waals surface area contributed by atoms with Gasteiger partial charge in [-0.3, -0.25) is 0 Å². The van der Waals surface area contributed by atoms with E-state index in [1.165, 1.54) is 26.0 Å². The maximum Gasteiger partial charge on any atom is 0.123 e. The zero-order valence-electron chi connectivity index (χ0n) is 32.3. The molecule has 4 rings (SSSR count). The van der Waals surface area contributed by atoms with Crippen LogP contribution >= 0.6 is 0 Å². The van der Waals surface area contributed by atoms with Crippen LogP contribution in [0.15, 0.2) is 103 Å². The molecule has 0 aromatic heterocycles. The molecule has 31 heavy (non-hydrogen) atoms. The van der Waals surface area contributed by atoms with Gasteiger partial charge in [0.05, 0.1) is 20.6 Å². The zero-order valence-corrected chi connectivity index (χ0v) is 17.3. The van der Waals surface area contributed by atoms with E-state index in [1.54, 1.807) is 6.92 Å². The highest BCUT2D eigenvalue weighted by Gasteiger charge is 2.23. The molecular formula is C30H30O. The van der Waals surface area contributed by atoms with Gasteiger partial charge in [0.15, 0.2) is 0 Å². The zero-order chi connectivity index (χ0) is 34.8. The molecule has 4 aromatic carbocycles. The first-order valence-corrected chi connectivity index (χ1v) is 9.84. The third-order valence-corrected chi connectivity index (χ3v) is 5.48. The van der Waals surface area contributed by atoms with Crippen LogP contribution in [0.1, 0.15) is 92.5 Å². The molecule has 0 bridgehead atoms. The monoisotopic (exact) mass is 421 g/mol. The Balaban J connectivity index is 2.10. The first-order chi connectivity index (χ1) is 21.3. The number of aromatic hydroxyl groups is 1. The van der Waals surface area contributed by atoms with E-state index in [-0.39, 0.29) is 27.8 Å². The summed E-state index contributed by atoms with van der Waals surface area (Å²) >= 11 is 0. The van der Waals surface area contributed by atoms with Crippen LogP contribution in [-0.2, 0) is 0 Å². The molecule has 0 saturated heterocycles. The number of phenols is 1. The minimum absolute atomic E-state index is 0.0560. The predicted molar refractivity (Wildman–Crippen MR) is 130 cm³/mol. The highest BCUT2D eigenvalue weighted by molar-refractivity contribution is 5.53. The molecule has 4 aromatic rings. The SMILES string of the molecule is [2H]c1c([2H])c([2H])c(C(C)c2cc(C(C)c3c([2H])c([2H])c([2H])c([2H])c3[2H])c(O)c(C(C)c3c([2H])c([2H])c([2H])c([2H])c3[2H])c2)c([2H])c1[2H]. The summed E-state index contributed by atoms with van der Waals surface area (Å²) in [5.41, 5.74) is 0.110. The molecule has 156 valence electrons. The van der Waals surface area contributed by atoms with E-state index in [1.807, 2.05) is 0 Å². The van der Waals surface area contributed by atoms with Gasteiger partial charge in [0, 0.05) is 28.9 Å². The number of benzene rings is 4. The molecule has 0 amide bonds. The summed E-state index contributed by atoms with van der Waals surface area (Å²) < 4.78 is 124. The molecule has 0 aliphatic carbocycles.